The van der Waals surface area contributed by atoms with Gasteiger partial charge in [-0.15, -0.1) is 0 Å². The number of nitrogens with one attached hydrogen (secondary N) is 1. The van der Waals surface area contributed by atoms with Gasteiger partial charge >= 0.3 is 0 Å². The van der Waals surface area contributed by atoms with E-state index in [1.165, 1.54) is 0 Å². The molecule has 1 rings (SSSR count). The van der Waals surface area contributed by atoms with Crippen LogP contribution < -0.4 is 10.2 Å². The summed E-state index contributed by atoms with van der Waals surface area (Å²) < 4.78 is 5.46. The monoisotopic (exact) mass is 248 g/mol. The van der Waals surface area contributed by atoms with Crippen molar-refractivity contribution in [2.75, 3.05) is 6.61 Å². The van der Waals surface area contributed by atoms with Gasteiger partial charge in [0.1, 0.15) is 5.75 Å². The van der Waals surface area contributed by atoms with Gasteiger partial charge in [-0.05, 0) is 44.4 Å². The molecule has 0 heterocycles. The van der Waals surface area contributed by atoms with E-state index in [4.69, 9.17) is 4.74 Å². The molecule has 0 aliphatic carbocycles. The lowest BCUT2D eigenvalue weighted by Gasteiger charge is -2.09. The molecule has 98 valence electrons. The van der Waals surface area contributed by atoms with Gasteiger partial charge in [-0.3, -0.25) is 4.79 Å². The number of aryl methyl sites for hydroxylation is 2. The number of hydrogen-bond donors (Lipinski definition) is 1. The van der Waals surface area contributed by atoms with E-state index in [1.54, 1.807) is 0 Å². The highest BCUT2D eigenvalue weighted by Crippen LogP contribution is 2.18. The normalized spacial score (nSPS) is 11.2. The Hall–Kier alpha value is -1.84. The summed E-state index contributed by atoms with van der Waals surface area (Å²) in [6.45, 7) is 7.77. The van der Waals surface area contributed by atoms with Gasteiger partial charge in [0.05, 0.1) is 0 Å². The van der Waals surface area contributed by atoms with Crippen molar-refractivity contribution in [2.24, 2.45) is 5.10 Å². The average molecular weight is 248 g/mol. The third-order valence-corrected chi connectivity index (χ3v) is 2.59. The minimum atomic E-state index is -0.247. The van der Waals surface area contributed by atoms with Gasteiger partial charge in [-0.2, -0.15) is 5.10 Å². The SMILES string of the molecule is CCC(C)=NNC(=O)COc1cc(C)ccc1C. The quantitative estimate of drug-likeness (QED) is 0.643. The molecule has 0 atom stereocenters. The Balaban J connectivity index is 2.50. The van der Waals surface area contributed by atoms with Crippen LogP contribution >= 0.6 is 0 Å². The van der Waals surface area contributed by atoms with Crippen molar-refractivity contribution in [3.8, 4) is 5.75 Å². The molecule has 18 heavy (non-hydrogen) atoms. The third kappa shape index (κ3) is 4.57. The Labute approximate surface area is 108 Å². The predicted octanol–water partition coefficient (Wildman–Crippen LogP) is 2.58. The van der Waals surface area contributed by atoms with Crippen LogP contribution in [0.3, 0.4) is 0 Å². The maximum Gasteiger partial charge on any atom is 0.277 e. The molecule has 4 heteroatoms. The van der Waals surface area contributed by atoms with Gasteiger partial charge in [0, 0.05) is 5.71 Å². The summed E-state index contributed by atoms with van der Waals surface area (Å²) in [5.41, 5.74) is 5.47. The lowest BCUT2D eigenvalue weighted by atomic mass is 10.1. The number of carbonyl (C=O) groups is 1. The van der Waals surface area contributed by atoms with E-state index < -0.39 is 0 Å². The summed E-state index contributed by atoms with van der Waals surface area (Å²) >= 11 is 0. The maximum atomic E-state index is 11.5. The molecule has 0 aromatic heterocycles. The highest BCUT2D eigenvalue weighted by atomic mass is 16.5. The fourth-order valence-corrected chi connectivity index (χ4v) is 1.28. The zero-order valence-electron chi connectivity index (χ0n) is 11.4. The van der Waals surface area contributed by atoms with Gasteiger partial charge in [-0.1, -0.05) is 19.1 Å². The van der Waals surface area contributed by atoms with Crippen LogP contribution in [0.2, 0.25) is 0 Å². The largest absolute Gasteiger partial charge is 0.483 e. The van der Waals surface area contributed by atoms with Gasteiger partial charge in [0.25, 0.3) is 5.91 Å². The lowest BCUT2D eigenvalue weighted by Crippen LogP contribution is -2.25. The number of hydrogen-bond acceptors (Lipinski definition) is 3. The second-order valence-corrected chi connectivity index (χ2v) is 4.29. The molecule has 0 aliphatic heterocycles. The first-order valence-corrected chi connectivity index (χ1v) is 6.05. The van der Waals surface area contributed by atoms with Gasteiger partial charge in [0.2, 0.25) is 0 Å². The highest BCUT2D eigenvalue weighted by Gasteiger charge is 2.04. The fourth-order valence-electron chi connectivity index (χ4n) is 1.28. The molecule has 0 saturated carbocycles. The van der Waals surface area contributed by atoms with Crippen LogP contribution in [-0.2, 0) is 4.79 Å². The van der Waals surface area contributed by atoms with Crippen LogP contribution in [0, 0.1) is 13.8 Å². The van der Waals surface area contributed by atoms with Crippen molar-refractivity contribution in [2.45, 2.75) is 34.1 Å². The first-order valence-electron chi connectivity index (χ1n) is 6.05. The standard InChI is InChI=1S/C14H20N2O2/c1-5-12(4)15-16-14(17)9-18-13-8-10(2)6-7-11(13)3/h6-8H,5,9H2,1-4H3,(H,16,17). The summed E-state index contributed by atoms with van der Waals surface area (Å²) in [4.78, 5) is 11.5. The molecule has 0 radical (unpaired) electrons. The Bertz CT molecular complexity index is 453. The molecule has 0 fully saturated rings. The van der Waals surface area contributed by atoms with Crippen molar-refractivity contribution < 1.29 is 9.53 Å². The summed E-state index contributed by atoms with van der Waals surface area (Å²) in [5, 5.41) is 3.93. The number of carbonyl (C=O) groups excluding carboxylic acids is 1. The van der Waals surface area contributed by atoms with E-state index in [2.05, 4.69) is 10.5 Å². The first kappa shape index (κ1) is 14.2. The summed E-state index contributed by atoms with van der Waals surface area (Å²) in [5.74, 6) is 0.491. The van der Waals surface area contributed by atoms with Gasteiger partial charge in [-0.25, -0.2) is 5.43 Å². The number of amides is 1. The fraction of sp³-hybridized carbons (Fsp3) is 0.429. The number of benzene rings is 1. The van der Waals surface area contributed by atoms with Crippen molar-refractivity contribution in [3.05, 3.63) is 29.3 Å². The number of hydrazone groups is 1. The van der Waals surface area contributed by atoms with E-state index in [1.807, 2.05) is 45.9 Å². The zero-order valence-corrected chi connectivity index (χ0v) is 11.4. The number of nitrogens with zero attached hydrogens (tertiary/aromatic N) is 1. The minimum absolute atomic E-state index is 0.0230. The summed E-state index contributed by atoms with van der Waals surface area (Å²) in [7, 11) is 0. The Kier molecular flexibility index (Phi) is 5.36. The van der Waals surface area contributed by atoms with Crippen LogP contribution in [0.4, 0.5) is 0 Å². The molecule has 0 spiro atoms. The second kappa shape index (κ2) is 6.79. The molecule has 1 aromatic carbocycles. The molecule has 0 unspecified atom stereocenters. The smallest absolute Gasteiger partial charge is 0.277 e. The van der Waals surface area contributed by atoms with E-state index in [-0.39, 0.29) is 12.5 Å². The van der Waals surface area contributed by atoms with Crippen molar-refractivity contribution in [1.29, 1.82) is 0 Å². The van der Waals surface area contributed by atoms with Crippen molar-refractivity contribution in [1.82, 2.24) is 5.43 Å². The van der Waals surface area contributed by atoms with Gasteiger partial charge in [0.15, 0.2) is 6.61 Å². The third-order valence-electron chi connectivity index (χ3n) is 2.59. The predicted molar refractivity (Wildman–Crippen MR) is 73.0 cm³/mol. The molecule has 0 saturated heterocycles. The van der Waals surface area contributed by atoms with Gasteiger partial charge < -0.3 is 4.74 Å². The molecule has 1 amide bonds. The molecular formula is C14H20N2O2. The van der Waals surface area contributed by atoms with Crippen molar-refractivity contribution in [3.63, 3.8) is 0 Å². The number of ether oxygens (including phenoxy) is 1. The minimum Gasteiger partial charge on any atom is -0.483 e. The Morgan fingerprint density at radius 1 is 1.39 bits per heavy atom. The molecule has 4 nitrogen and oxygen atoms in total. The van der Waals surface area contributed by atoms with Crippen LogP contribution in [0.15, 0.2) is 23.3 Å². The molecule has 0 aliphatic rings. The molecular weight excluding hydrogens is 228 g/mol. The Morgan fingerprint density at radius 3 is 2.78 bits per heavy atom. The molecule has 0 bridgehead atoms. The lowest BCUT2D eigenvalue weighted by molar-refractivity contribution is -0.123. The Morgan fingerprint density at radius 2 is 2.11 bits per heavy atom. The van der Waals surface area contributed by atoms with Crippen LogP contribution in [0.25, 0.3) is 0 Å². The average Bonchev–Trinajstić information content (AvgIpc) is 2.36. The summed E-state index contributed by atoms with van der Waals surface area (Å²) in [6.07, 6.45) is 0.818. The van der Waals surface area contributed by atoms with E-state index in [9.17, 15) is 4.79 Å². The van der Waals surface area contributed by atoms with Crippen molar-refractivity contribution >= 4 is 11.6 Å². The number of rotatable bonds is 5. The first-order chi connectivity index (χ1) is 8.52. The van der Waals surface area contributed by atoms with Crippen LogP contribution in [0.5, 0.6) is 5.75 Å². The van der Waals surface area contributed by atoms with E-state index in [0.29, 0.717) is 0 Å². The summed E-state index contributed by atoms with van der Waals surface area (Å²) in [6, 6.07) is 5.91. The topological polar surface area (TPSA) is 50.7 Å². The van der Waals surface area contributed by atoms with E-state index in [0.717, 1.165) is 29.0 Å². The second-order valence-electron chi connectivity index (χ2n) is 4.29. The van der Waals surface area contributed by atoms with Crippen LogP contribution in [0.1, 0.15) is 31.4 Å². The molecule has 1 aromatic rings. The highest BCUT2D eigenvalue weighted by molar-refractivity contribution is 5.84. The van der Waals surface area contributed by atoms with E-state index >= 15 is 0 Å². The van der Waals surface area contributed by atoms with Crippen LogP contribution in [-0.4, -0.2) is 18.2 Å². The maximum absolute atomic E-state index is 11.5. The zero-order chi connectivity index (χ0) is 13.5. The molecule has 1 N–H and O–H groups in total.